The Morgan fingerprint density at radius 2 is 2.50 bits per heavy atom. The third-order valence-corrected chi connectivity index (χ3v) is 3.65. The predicted molar refractivity (Wildman–Crippen MR) is 62.8 cm³/mol. The van der Waals surface area contributed by atoms with Gasteiger partial charge in [0.25, 0.3) is 0 Å². The van der Waals surface area contributed by atoms with Crippen molar-refractivity contribution in [1.82, 2.24) is 4.98 Å². The lowest BCUT2D eigenvalue weighted by atomic mass is 10.2. The summed E-state index contributed by atoms with van der Waals surface area (Å²) in [5.74, 6) is 3.00. The van der Waals surface area contributed by atoms with E-state index in [4.69, 9.17) is 5.73 Å². The first-order chi connectivity index (χ1) is 6.77. The van der Waals surface area contributed by atoms with E-state index in [1.807, 2.05) is 23.9 Å². The minimum absolute atomic E-state index is 0.593. The van der Waals surface area contributed by atoms with Gasteiger partial charge in [0, 0.05) is 42.0 Å². The van der Waals surface area contributed by atoms with Gasteiger partial charge in [-0.2, -0.15) is 11.8 Å². The summed E-state index contributed by atoms with van der Waals surface area (Å²) in [7, 11) is 0. The molecule has 2 rings (SSSR count). The molecule has 1 aliphatic heterocycles. The monoisotopic (exact) mass is 209 g/mol. The van der Waals surface area contributed by atoms with Gasteiger partial charge in [0.1, 0.15) is 5.82 Å². The smallest absolute Gasteiger partial charge is 0.125 e. The molecule has 4 heteroatoms. The number of nitrogen functional groups attached to an aromatic ring is 1. The van der Waals surface area contributed by atoms with Crippen molar-refractivity contribution in [3.05, 3.63) is 18.3 Å². The molecule has 0 aromatic carbocycles. The summed E-state index contributed by atoms with van der Waals surface area (Å²) in [5, 5.41) is 0. The van der Waals surface area contributed by atoms with Crippen LogP contribution in [0.3, 0.4) is 0 Å². The molecule has 2 heterocycles. The molecule has 1 aromatic heterocycles. The second-order valence-electron chi connectivity index (χ2n) is 3.56. The van der Waals surface area contributed by atoms with Crippen LogP contribution >= 0.6 is 11.8 Å². The number of hydrogen-bond acceptors (Lipinski definition) is 4. The normalized spacial score (nSPS) is 22.4. The van der Waals surface area contributed by atoms with Crippen LogP contribution in [0.1, 0.15) is 6.92 Å². The molecule has 2 N–H and O–H groups in total. The summed E-state index contributed by atoms with van der Waals surface area (Å²) >= 11 is 2.02. The van der Waals surface area contributed by atoms with Crippen molar-refractivity contribution in [2.24, 2.45) is 0 Å². The average molecular weight is 209 g/mol. The number of hydrogen-bond donors (Lipinski definition) is 1. The average Bonchev–Trinajstić information content (AvgIpc) is 2.18. The van der Waals surface area contributed by atoms with Crippen LogP contribution in [-0.4, -0.2) is 29.1 Å². The van der Waals surface area contributed by atoms with Gasteiger partial charge in [0.15, 0.2) is 0 Å². The highest BCUT2D eigenvalue weighted by Gasteiger charge is 2.18. The molecule has 1 unspecified atom stereocenters. The lowest BCUT2D eigenvalue weighted by molar-refractivity contribution is 0.700. The molecule has 3 nitrogen and oxygen atoms in total. The van der Waals surface area contributed by atoms with Crippen molar-refractivity contribution in [3.8, 4) is 0 Å². The number of pyridine rings is 1. The standard InChI is InChI=1S/C10H15N3S/c1-8-7-14-5-4-13(8)9-2-3-12-10(11)6-9/h2-3,6,8H,4-5,7H2,1H3,(H2,11,12). The zero-order valence-corrected chi connectivity index (χ0v) is 9.13. The summed E-state index contributed by atoms with van der Waals surface area (Å²) in [6, 6.07) is 4.57. The Labute approximate surface area is 88.7 Å². The minimum Gasteiger partial charge on any atom is -0.384 e. The van der Waals surface area contributed by atoms with Gasteiger partial charge in [-0.1, -0.05) is 0 Å². The van der Waals surface area contributed by atoms with Gasteiger partial charge in [-0.25, -0.2) is 4.98 Å². The first-order valence-electron chi connectivity index (χ1n) is 4.83. The highest BCUT2D eigenvalue weighted by Crippen LogP contribution is 2.24. The summed E-state index contributed by atoms with van der Waals surface area (Å²) in [4.78, 5) is 6.40. The van der Waals surface area contributed by atoms with E-state index >= 15 is 0 Å². The zero-order valence-electron chi connectivity index (χ0n) is 8.31. The van der Waals surface area contributed by atoms with Crippen molar-refractivity contribution in [1.29, 1.82) is 0 Å². The second-order valence-corrected chi connectivity index (χ2v) is 4.71. The Bertz CT molecular complexity index is 316. The van der Waals surface area contributed by atoms with Crippen LogP contribution in [0.4, 0.5) is 11.5 Å². The molecule has 0 aliphatic carbocycles. The van der Waals surface area contributed by atoms with Gasteiger partial charge in [-0.3, -0.25) is 0 Å². The van der Waals surface area contributed by atoms with E-state index < -0.39 is 0 Å². The van der Waals surface area contributed by atoms with Crippen LogP contribution in [0.2, 0.25) is 0 Å². The Morgan fingerprint density at radius 1 is 1.64 bits per heavy atom. The van der Waals surface area contributed by atoms with Crippen LogP contribution in [0.5, 0.6) is 0 Å². The Balaban J connectivity index is 2.20. The molecule has 1 saturated heterocycles. The Kier molecular flexibility index (Phi) is 2.82. The van der Waals surface area contributed by atoms with E-state index in [1.165, 1.54) is 17.2 Å². The quantitative estimate of drug-likeness (QED) is 0.763. The SMILES string of the molecule is CC1CSCCN1c1ccnc(N)c1. The fraction of sp³-hybridized carbons (Fsp3) is 0.500. The first-order valence-corrected chi connectivity index (χ1v) is 5.99. The van der Waals surface area contributed by atoms with Crippen LogP contribution in [-0.2, 0) is 0 Å². The number of rotatable bonds is 1. The molecule has 0 saturated carbocycles. The second kappa shape index (κ2) is 4.09. The Hall–Kier alpha value is -0.900. The maximum absolute atomic E-state index is 5.67. The minimum atomic E-state index is 0.593. The van der Waals surface area contributed by atoms with E-state index in [9.17, 15) is 0 Å². The molecule has 0 amide bonds. The molecule has 0 bridgehead atoms. The largest absolute Gasteiger partial charge is 0.384 e. The summed E-state index contributed by atoms with van der Waals surface area (Å²) in [5.41, 5.74) is 6.87. The highest BCUT2D eigenvalue weighted by atomic mass is 32.2. The van der Waals surface area contributed by atoms with E-state index in [1.54, 1.807) is 6.20 Å². The van der Waals surface area contributed by atoms with Gasteiger partial charge in [-0.15, -0.1) is 0 Å². The van der Waals surface area contributed by atoms with Crippen LogP contribution in [0.15, 0.2) is 18.3 Å². The van der Waals surface area contributed by atoms with Crippen molar-refractivity contribution in [3.63, 3.8) is 0 Å². The van der Waals surface area contributed by atoms with E-state index in [0.717, 1.165) is 6.54 Å². The van der Waals surface area contributed by atoms with Gasteiger partial charge < -0.3 is 10.6 Å². The molecular formula is C10H15N3S. The van der Waals surface area contributed by atoms with Crippen LogP contribution < -0.4 is 10.6 Å². The topological polar surface area (TPSA) is 42.2 Å². The first kappa shape index (κ1) is 9.65. The molecule has 1 aromatic rings. The van der Waals surface area contributed by atoms with Gasteiger partial charge in [-0.05, 0) is 13.0 Å². The zero-order chi connectivity index (χ0) is 9.97. The summed E-state index contributed by atoms with van der Waals surface area (Å²) < 4.78 is 0. The molecule has 1 aliphatic rings. The summed E-state index contributed by atoms with van der Waals surface area (Å²) in [6.07, 6.45) is 1.78. The highest BCUT2D eigenvalue weighted by molar-refractivity contribution is 7.99. The summed E-state index contributed by atoms with van der Waals surface area (Å²) in [6.45, 7) is 3.36. The maximum atomic E-state index is 5.67. The molecule has 76 valence electrons. The third kappa shape index (κ3) is 1.95. The number of thioether (sulfide) groups is 1. The molecule has 0 radical (unpaired) electrons. The number of nitrogens with two attached hydrogens (primary N) is 1. The van der Waals surface area contributed by atoms with Crippen molar-refractivity contribution in [2.45, 2.75) is 13.0 Å². The van der Waals surface area contributed by atoms with E-state index in [2.05, 4.69) is 16.8 Å². The number of aromatic nitrogens is 1. The Morgan fingerprint density at radius 3 is 3.21 bits per heavy atom. The lowest BCUT2D eigenvalue weighted by Gasteiger charge is -2.35. The fourth-order valence-corrected chi connectivity index (χ4v) is 2.74. The van der Waals surface area contributed by atoms with Crippen molar-refractivity contribution in [2.75, 3.05) is 28.7 Å². The van der Waals surface area contributed by atoms with E-state index in [-0.39, 0.29) is 0 Å². The van der Waals surface area contributed by atoms with Gasteiger partial charge in [0.2, 0.25) is 0 Å². The maximum Gasteiger partial charge on any atom is 0.125 e. The van der Waals surface area contributed by atoms with Crippen molar-refractivity contribution < 1.29 is 0 Å². The number of nitrogens with zero attached hydrogens (tertiary/aromatic N) is 2. The van der Waals surface area contributed by atoms with Crippen molar-refractivity contribution >= 4 is 23.3 Å². The molecule has 0 spiro atoms. The van der Waals surface area contributed by atoms with Gasteiger partial charge in [0.05, 0.1) is 0 Å². The number of anilines is 2. The molecular weight excluding hydrogens is 194 g/mol. The van der Waals surface area contributed by atoms with E-state index in [0.29, 0.717) is 11.9 Å². The molecule has 1 atom stereocenters. The third-order valence-electron chi connectivity index (χ3n) is 2.46. The fourth-order valence-electron chi connectivity index (χ4n) is 1.73. The lowest BCUT2D eigenvalue weighted by Crippen LogP contribution is -2.40. The molecule has 1 fully saturated rings. The van der Waals surface area contributed by atoms with Crippen LogP contribution in [0, 0.1) is 0 Å². The molecule has 14 heavy (non-hydrogen) atoms. The van der Waals surface area contributed by atoms with Crippen LogP contribution in [0.25, 0.3) is 0 Å². The van der Waals surface area contributed by atoms with Gasteiger partial charge >= 0.3 is 0 Å². The predicted octanol–water partition coefficient (Wildman–Crippen LogP) is 1.61.